The standard InChI is InChI=1S/C17H18N2S2/c20-15-13-10-21-11-14(13)18-16(19-15)17(8-4-5-9-17)12-6-2-1-3-7-12/h1-3,6-7H,4-5,8-11H2,(H,18,19,20). The van der Waals surface area contributed by atoms with Crippen molar-refractivity contribution < 1.29 is 0 Å². The molecule has 4 heteroatoms. The van der Waals surface area contributed by atoms with Crippen LogP contribution in [0.1, 0.15) is 48.3 Å². The molecule has 0 bridgehead atoms. The van der Waals surface area contributed by atoms with Gasteiger partial charge in [-0.25, -0.2) is 4.98 Å². The lowest BCUT2D eigenvalue weighted by molar-refractivity contribution is 0.496. The molecule has 2 aromatic rings. The Morgan fingerprint density at radius 3 is 2.62 bits per heavy atom. The van der Waals surface area contributed by atoms with E-state index < -0.39 is 0 Å². The lowest BCUT2D eigenvalue weighted by atomic mass is 9.78. The Morgan fingerprint density at radius 1 is 1.10 bits per heavy atom. The van der Waals surface area contributed by atoms with E-state index in [4.69, 9.17) is 17.2 Å². The quantitative estimate of drug-likeness (QED) is 0.811. The number of hydrogen-bond donors (Lipinski definition) is 1. The van der Waals surface area contributed by atoms with Crippen LogP contribution in [0, 0.1) is 4.64 Å². The zero-order valence-electron chi connectivity index (χ0n) is 11.9. The number of aromatic nitrogens is 2. The van der Waals surface area contributed by atoms with Gasteiger partial charge in [-0.15, -0.1) is 0 Å². The maximum Gasteiger partial charge on any atom is 0.134 e. The predicted octanol–water partition coefficient (Wildman–Crippen LogP) is 4.75. The summed E-state index contributed by atoms with van der Waals surface area (Å²) in [4.78, 5) is 8.47. The smallest absolute Gasteiger partial charge is 0.134 e. The van der Waals surface area contributed by atoms with E-state index in [0.717, 1.165) is 22.0 Å². The minimum absolute atomic E-state index is 0.0388. The van der Waals surface area contributed by atoms with Gasteiger partial charge in [0, 0.05) is 22.8 Å². The molecule has 1 aromatic carbocycles. The molecule has 1 fully saturated rings. The monoisotopic (exact) mass is 314 g/mol. The summed E-state index contributed by atoms with van der Waals surface area (Å²) < 4.78 is 0.811. The van der Waals surface area contributed by atoms with E-state index in [1.807, 2.05) is 11.8 Å². The molecule has 0 saturated heterocycles. The highest BCUT2D eigenvalue weighted by atomic mass is 32.2. The molecule has 1 N–H and O–H groups in total. The van der Waals surface area contributed by atoms with Crippen LogP contribution >= 0.6 is 24.0 Å². The Morgan fingerprint density at radius 2 is 1.86 bits per heavy atom. The average molecular weight is 314 g/mol. The first-order valence-electron chi connectivity index (χ1n) is 7.55. The van der Waals surface area contributed by atoms with Gasteiger partial charge in [0.2, 0.25) is 0 Å². The number of thioether (sulfide) groups is 1. The molecule has 21 heavy (non-hydrogen) atoms. The molecular formula is C17H18N2S2. The SMILES string of the molecule is S=c1nc(C2(c3ccccc3)CCCC2)[nH]c2c1CSC2. The van der Waals surface area contributed by atoms with Crippen LogP contribution in [0.15, 0.2) is 30.3 Å². The van der Waals surface area contributed by atoms with Crippen LogP contribution in [-0.4, -0.2) is 9.97 Å². The molecule has 2 heterocycles. The second-order valence-corrected chi connectivity index (χ2v) is 7.37. The van der Waals surface area contributed by atoms with E-state index in [0.29, 0.717) is 0 Å². The van der Waals surface area contributed by atoms with Gasteiger partial charge in [-0.05, 0) is 18.4 Å². The summed E-state index contributed by atoms with van der Waals surface area (Å²) in [5.41, 5.74) is 3.97. The molecule has 0 atom stereocenters. The number of nitrogens with zero attached hydrogens (tertiary/aromatic N) is 1. The third-order valence-corrected chi connectivity index (χ3v) is 6.16. The summed E-state index contributed by atoms with van der Waals surface area (Å²) in [5, 5.41) is 0. The molecule has 1 aliphatic heterocycles. The zero-order valence-corrected chi connectivity index (χ0v) is 13.5. The van der Waals surface area contributed by atoms with Crippen LogP contribution in [0.4, 0.5) is 0 Å². The van der Waals surface area contributed by atoms with Crippen LogP contribution in [0.5, 0.6) is 0 Å². The molecule has 0 unspecified atom stereocenters. The molecule has 0 spiro atoms. The van der Waals surface area contributed by atoms with Crippen LogP contribution in [-0.2, 0) is 16.9 Å². The number of fused-ring (bicyclic) bond motifs is 1. The van der Waals surface area contributed by atoms with Crippen LogP contribution in [0.25, 0.3) is 0 Å². The molecule has 4 rings (SSSR count). The summed E-state index contributed by atoms with van der Waals surface area (Å²) in [5.74, 6) is 3.15. The van der Waals surface area contributed by atoms with E-state index in [-0.39, 0.29) is 5.41 Å². The number of hydrogen-bond acceptors (Lipinski definition) is 3. The molecular weight excluding hydrogens is 296 g/mol. The van der Waals surface area contributed by atoms with Crippen LogP contribution in [0.2, 0.25) is 0 Å². The molecule has 108 valence electrons. The van der Waals surface area contributed by atoms with Crippen molar-refractivity contribution in [3.05, 3.63) is 57.6 Å². The van der Waals surface area contributed by atoms with Crippen molar-refractivity contribution in [1.82, 2.24) is 9.97 Å². The second kappa shape index (κ2) is 5.25. The molecule has 0 radical (unpaired) electrons. The lowest BCUT2D eigenvalue weighted by Gasteiger charge is -2.29. The van der Waals surface area contributed by atoms with Crippen molar-refractivity contribution in [1.29, 1.82) is 0 Å². The van der Waals surface area contributed by atoms with Crippen molar-refractivity contribution in [3.8, 4) is 0 Å². The van der Waals surface area contributed by atoms with Crippen LogP contribution in [0.3, 0.4) is 0 Å². The van der Waals surface area contributed by atoms with Gasteiger partial charge in [0.05, 0.1) is 5.41 Å². The van der Waals surface area contributed by atoms with E-state index in [1.54, 1.807) is 0 Å². The van der Waals surface area contributed by atoms with Crippen molar-refractivity contribution in [2.45, 2.75) is 42.6 Å². The highest BCUT2D eigenvalue weighted by Crippen LogP contribution is 2.45. The van der Waals surface area contributed by atoms with Gasteiger partial charge in [-0.3, -0.25) is 0 Å². The molecule has 2 nitrogen and oxygen atoms in total. The van der Waals surface area contributed by atoms with E-state index in [2.05, 4.69) is 35.3 Å². The van der Waals surface area contributed by atoms with Gasteiger partial charge in [-0.2, -0.15) is 11.8 Å². The predicted molar refractivity (Wildman–Crippen MR) is 90.1 cm³/mol. The van der Waals surface area contributed by atoms with Crippen molar-refractivity contribution in [3.63, 3.8) is 0 Å². The van der Waals surface area contributed by atoms with E-state index >= 15 is 0 Å². The minimum atomic E-state index is 0.0388. The van der Waals surface area contributed by atoms with Gasteiger partial charge in [-0.1, -0.05) is 55.4 Å². The fourth-order valence-electron chi connectivity index (χ4n) is 3.70. The summed E-state index contributed by atoms with van der Waals surface area (Å²) in [7, 11) is 0. The Hall–Kier alpha value is -1.13. The number of H-pyrrole nitrogens is 1. The maximum absolute atomic E-state index is 5.56. The summed E-state index contributed by atoms with van der Waals surface area (Å²) in [6, 6.07) is 10.8. The summed E-state index contributed by atoms with van der Waals surface area (Å²) in [6.07, 6.45) is 4.87. The zero-order chi connectivity index (χ0) is 14.3. The normalized spacial score (nSPS) is 19.6. The second-order valence-electron chi connectivity index (χ2n) is 6.00. The first-order chi connectivity index (χ1) is 10.3. The average Bonchev–Trinajstić information content (AvgIpc) is 3.18. The molecule has 1 aromatic heterocycles. The van der Waals surface area contributed by atoms with Gasteiger partial charge in [0.1, 0.15) is 10.5 Å². The van der Waals surface area contributed by atoms with Gasteiger partial charge in [0.15, 0.2) is 0 Å². The number of benzene rings is 1. The minimum Gasteiger partial charge on any atom is -0.345 e. The first-order valence-corrected chi connectivity index (χ1v) is 9.12. The Balaban J connectivity index is 1.90. The number of aromatic amines is 1. The van der Waals surface area contributed by atoms with Gasteiger partial charge >= 0.3 is 0 Å². The summed E-state index contributed by atoms with van der Waals surface area (Å²) in [6.45, 7) is 0. The van der Waals surface area contributed by atoms with Crippen molar-refractivity contribution >= 4 is 24.0 Å². The Bertz CT molecular complexity index is 715. The van der Waals surface area contributed by atoms with Crippen molar-refractivity contribution in [2.24, 2.45) is 0 Å². The fraction of sp³-hybridized carbons (Fsp3) is 0.412. The fourth-order valence-corrected chi connectivity index (χ4v) is 5.14. The highest BCUT2D eigenvalue weighted by Gasteiger charge is 2.40. The van der Waals surface area contributed by atoms with E-state index in [1.165, 1.54) is 42.5 Å². The lowest BCUT2D eigenvalue weighted by Crippen LogP contribution is -2.27. The molecule has 1 saturated carbocycles. The third kappa shape index (κ3) is 2.16. The number of rotatable bonds is 2. The third-order valence-electron chi connectivity index (χ3n) is 4.83. The van der Waals surface area contributed by atoms with E-state index in [9.17, 15) is 0 Å². The van der Waals surface area contributed by atoms with Crippen LogP contribution < -0.4 is 0 Å². The molecule has 0 amide bonds. The maximum atomic E-state index is 5.56. The topological polar surface area (TPSA) is 28.7 Å². The highest BCUT2D eigenvalue weighted by molar-refractivity contribution is 7.98. The largest absolute Gasteiger partial charge is 0.345 e. The molecule has 2 aliphatic rings. The Kier molecular flexibility index (Phi) is 3.38. The first kappa shape index (κ1) is 13.5. The summed E-state index contributed by atoms with van der Waals surface area (Å²) >= 11 is 7.48. The molecule has 1 aliphatic carbocycles. The Labute approximate surface area is 134 Å². The van der Waals surface area contributed by atoms with Gasteiger partial charge in [0.25, 0.3) is 0 Å². The van der Waals surface area contributed by atoms with Gasteiger partial charge < -0.3 is 4.98 Å². The van der Waals surface area contributed by atoms with Crippen molar-refractivity contribution in [2.75, 3.05) is 0 Å². The number of nitrogens with one attached hydrogen (secondary N) is 1.